The highest BCUT2D eigenvalue weighted by Gasteiger charge is 1.96. The van der Waals surface area contributed by atoms with Crippen molar-refractivity contribution in [2.75, 3.05) is 11.5 Å². The molecular weight excluding hydrogens is 192 g/mol. The van der Waals surface area contributed by atoms with Crippen molar-refractivity contribution in [3.63, 3.8) is 0 Å². The van der Waals surface area contributed by atoms with E-state index < -0.39 is 0 Å². The Kier molecular flexibility index (Phi) is 3.44. The maximum Gasteiger partial charge on any atom is 0.136 e. The number of halogens is 1. The third kappa shape index (κ3) is 2.43. The largest absolute Gasteiger partial charge is 0.397 e. The van der Waals surface area contributed by atoms with Gasteiger partial charge in [-0.1, -0.05) is 23.8 Å². The van der Waals surface area contributed by atoms with E-state index in [9.17, 15) is 0 Å². The van der Waals surface area contributed by atoms with E-state index in [4.69, 9.17) is 17.3 Å². The number of nitrogens with two attached hydrogens (primary N) is 1. The molecule has 0 amide bonds. The van der Waals surface area contributed by atoms with Crippen molar-refractivity contribution in [3.8, 4) is 0 Å². The summed E-state index contributed by atoms with van der Waals surface area (Å²) in [6, 6.07) is 1.77. The molecular formula is C8H9ClN2S. The molecule has 0 spiro atoms. The molecule has 1 aromatic rings. The topological polar surface area (TPSA) is 38.9 Å². The average molecular weight is 201 g/mol. The van der Waals surface area contributed by atoms with Crippen LogP contribution in [0.2, 0.25) is 5.15 Å². The van der Waals surface area contributed by atoms with Crippen molar-refractivity contribution in [2.24, 2.45) is 0 Å². The molecule has 0 fully saturated rings. The molecule has 0 radical (unpaired) electrons. The highest BCUT2D eigenvalue weighted by atomic mass is 35.5. The van der Waals surface area contributed by atoms with E-state index >= 15 is 0 Å². The Morgan fingerprint density at radius 1 is 1.67 bits per heavy atom. The molecule has 1 rings (SSSR count). The smallest absolute Gasteiger partial charge is 0.136 e. The Balaban J connectivity index is 2.97. The van der Waals surface area contributed by atoms with E-state index in [1.165, 1.54) is 6.20 Å². The fraction of sp³-hybridized carbons (Fsp3) is 0.125. The predicted octanol–water partition coefficient (Wildman–Crippen LogP) is 2.26. The van der Waals surface area contributed by atoms with Gasteiger partial charge in [0.05, 0.1) is 11.9 Å². The summed E-state index contributed by atoms with van der Waals surface area (Å²) in [5, 5.41) is 0.460. The van der Waals surface area contributed by atoms with Crippen LogP contribution in [0.15, 0.2) is 18.3 Å². The average Bonchev–Trinajstić information content (AvgIpc) is 2.07. The number of hydrogen-bond donors (Lipinski definition) is 2. The molecule has 64 valence electrons. The van der Waals surface area contributed by atoms with Crippen LogP contribution in [-0.4, -0.2) is 10.7 Å². The van der Waals surface area contributed by atoms with Gasteiger partial charge in [0.2, 0.25) is 0 Å². The minimum Gasteiger partial charge on any atom is -0.397 e. The Morgan fingerprint density at radius 3 is 3.08 bits per heavy atom. The van der Waals surface area contributed by atoms with E-state index in [2.05, 4.69) is 17.6 Å². The van der Waals surface area contributed by atoms with Crippen LogP contribution >= 0.6 is 24.2 Å². The lowest BCUT2D eigenvalue weighted by Gasteiger charge is -1.97. The van der Waals surface area contributed by atoms with Crippen LogP contribution < -0.4 is 5.73 Å². The molecule has 0 saturated carbocycles. The zero-order valence-electron chi connectivity index (χ0n) is 6.37. The van der Waals surface area contributed by atoms with Gasteiger partial charge in [0.15, 0.2) is 0 Å². The van der Waals surface area contributed by atoms with Crippen molar-refractivity contribution in [1.82, 2.24) is 4.98 Å². The molecule has 0 unspecified atom stereocenters. The quantitative estimate of drug-likeness (QED) is 0.568. The highest BCUT2D eigenvalue weighted by molar-refractivity contribution is 7.80. The SMILES string of the molecule is Nc1cnc(Cl)c(C=CCS)c1. The van der Waals surface area contributed by atoms with E-state index in [1.807, 2.05) is 12.2 Å². The molecule has 1 aromatic heterocycles. The molecule has 0 saturated heterocycles. The zero-order valence-corrected chi connectivity index (χ0v) is 8.02. The van der Waals surface area contributed by atoms with Crippen LogP contribution in [0.3, 0.4) is 0 Å². The summed E-state index contributed by atoms with van der Waals surface area (Å²) in [4.78, 5) is 3.90. The molecule has 12 heavy (non-hydrogen) atoms. The molecule has 4 heteroatoms. The predicted molar refractivity (Wildman–Crippen MR) is 56.5 cm³/mol. The molecule has 0 aliphatic rings. The first-order chi connectivity index (χ1) is 5.74. The number of nitrogens with zero attached hydrogens (tertiary/aromatic N) is 1. The van der Waals surface area contributed by atoms with Gasteiger partial charge < -0.3 is 5.73 Å². The minimum absolute atomic E-state index is 0.460. The number of hydrogen-bond acceptors (Lipinski definition) is 3. The highest BCUT2D eigenvalue weighted by Crippen LogP contribution is 2.16. The number of aromatic nitrogens is 1. The Morgan fingerprint density at radius 2 is 2.42 bits per heavy atom. The normalized spacial score (nSPS) is 10.8. The lowest BCUT2D eigenvalue weighted by Crippen LogP contribution is -1.88. The lowest BCUT2D eigenvalue weighted by atomic mass is 10.2. The fourth-order valence-electron chi connectivity index (χ4n) is 0.779. The maximum atomic E-state index is 5.79. The molecule has 0 aliphatic carbocycles. The molecule has 0 aliphatic heterocycles. The van der Waals surface area contributed by atoms with Gasteiger partial charge in [0.25, 0.3) is 0 Å². The Bertz CT molecular complexity index is 299. The Hall–Kier alpha value is -0.670. The number of nitrogen functional groups attached to an aromatic ring is 1. The first-order valence-corrected chi connectivity index (χ1v) is 4.43. The van der Waals surface area contributed by atoms with Gasteiger partial charge in [-0.25, -0.2) is 4.98 Å². The van der Waals surface area contributed by atoms with Crippen LogP contribution in [0, 0.1) is 0 Å². The first-order valence-electron chi connectivity index (χ1n) is 3.42. The minimum atomic E-state index is 0.460. The second-order valence-electron chi connectivity index (χ2n) is 2.23. The molecule has 0 atom stereocenters. The summed E-state index contributed by atoms with van der Waals surface area (Å²) in [5.74, 6) is 0.672. The number of anilines is 1. The van der Waals surface area contributed by atoms with E-state index in [1.54, 1.807) is 6.07 Å². The fourth-order valence-corrected chi connectivity index (χ4v) is 1.05. The van der Waals surface area contributed by atoms with Gasteiger partial charge in [-0.15, -0.1) is 0 Å². The van der Waals surface area contributed by atoms with Crippen molar-refractivity contribution >= 4 is 36.0 Å². The van der Waals surface area contributed by atoms with Crippen molar-refractivity contribution in [2.45, 2.75) is 0 Å². The van der Waals surface area contributed by atoms with Crippen LogP contribution in [0.4, 0.5) is 5.69 Å². The van der Waals surface area contributed by atoms with Gasteiger partial charge in [-0.05, 0) is 6.07 Å². The lowest BCUT2D eigenvalue weighted by molar-refractivity contribution is 1.32. The van der Waals surface area contributed by atoms with Gasteiger partial charge in [0, 0.05) is 11.3 Å². The summed E-state index contributed by atoms with van der Waals surface area (Å²) < 4.78 is 0. The van der Waals surface area contributed by atoms with Gasteiger partial charge in [0.1, 0.15) is 5.15 Å². The molecule has 2 N–H and O–H groups in total. The molecule has 2 nitrogen and oxygen atoms in total. The van der Waals surface area contributed by atoms with Gasteiger partial charge >= 0.3 is 0 Å². The summed E-state index contributed by atoms with van der Waals surface area (Å²) >= 11 is 9.82. The van der Waals surface area contributed by atoms with E-state index in [-0.39, 0.29) is 0 Å². The number of pyridine rings is 1. The Labute approximate surface area is 81.9 Å². The summed E-state index contributed by atoms with van der Waals surface area (Å²) in [7, 11) is 0. The second kappa shape index (κ2) is 4.38. The summed E-state index contributed by atoms with van der Waals surface area (Å²) in [5.41, 5.74) is 6.96. The van der Waals surface area contributed by atoms with E-state index in [0.717, 1.165) is 5.56 Å². The molecule has 0 bridgehead atoms. The van der Waals surface area contributed by atoms with Crippen LogP contribution in [0.5, 0.6) is 0 Å². The molecule has 0 aromatic carbocycles. The van der Waals surface area contributed by atoms with Crippen molar-refractivity contribution < 1.29 is 0 Å². The maximum absolute atomic E-state index is 5.79. The second-order valence-corrected chi connectivity index (χ2v) is 2.96. The van der Waals surface area contributed by atoms with Crippen molar-refractivity contribution in [1.29, 1.82) is 0 Å². The first kappa shape index (κ1) is 9.42. The standard InChI is InChI=1S/C8H9ClN2S/c9-8-6(2-1-3-12)4-7(10)5-11-8/h1-2,4-5,12H,3,10H2. The zero-order chi connectivity index (χ0) is 8.97. The van der Waals surface area contributed by atoms with Crippen LogP contribution in [-0.2, 0) is 0 Å². The van der Waals surface area contributed by atoms with Gasteiger partial charge in [-0.3, -0.25) is 0 Å². The van der Waals surface area contributed by atoms with Crippen LogP contribution in [0.1, 0.15) is 5.56 Å². The molecule has 1 heterocycles. The number of thiol groups is 1. The number of rotatable bonds is 2. The summed E-state index contributed by atoms with van der Waals surface area (Å²) in [6.07, 6.45) is 5.25. The third-order valence-corrected chi connectivity index (χ3v) is 1.82. The third-order valence-electron chi connectivity index (χ3n) is 1.29. The van der Waals surface area contributed by atoms with Crippen LogP contribution in [0.25, 0.3) is 6.08 Å². The summed E-state index contributed by atoms with van der Waals surface area (Å²) in [6.45, 7) is 0. The van der Waals surface area contributed by atoms with E-state index in [0.29, 0.717) is 16.6 Å². The van der Waals surface area contributed by atoms with Gasteiger partial charge in [-0.2, -0.15) is 12.6 Å². The monoisotopic (exact) mass is 200 g/mol. The van der Waals surface area contributed by atoms with Crippen molar-refractivity contribution in [3.05, 3.63) is 29.1 Å².